The Labute approximate surface area is 74.0 Å². The normalized spacial score (nSPS) is 13.3. The zero-order chi connectivity index (χ0) is 8.97. The minimum atomic E-state index is 0.388. The van der Waals surface area contributed by atoms with E-state index in [0.717, 1.165) is 0 Å². The average molecular weight is 164 g/mol. The van der Waals surface area contributed by atoms with Crippen LogP contribution in [0.5, 0.6) is 0 Å². The van der Waals surface area contributed by atoms with Gasteiger partial charge in [0.25, 0.3) is 0 Å². The molecule has 2 heteroatoms. The summed E-state index contributed by atoms with van der Waals surface area (Å²) in [5.74, 6) is 0. The first-order valence-electron chi connectivity index (χ1n) is 4.36. The molecule has 1 atom stereocenters. The largest absolute Gasteiger partial charge is 0.308 e. The van der Waals surface area contributed by atoms with Crippen molar-refractivity contribution in [1.29, 1.82) is 0 Å². The van der Waals surface area contributed by atoms with E-state index < -0.39 is 0 Å². The Hall–Kier alpha value is -0.890. The third-order valence-electron chi connectivity index (χ3n) is 1.77. The first-order chi connectivity index (χ1) is 5.70. The van der Waals surface area contributed by atoms with Crippen molar-refractivity contribution < 1.29 is 0 Å². The highest BCUT2D eigenvalue weighted by atomic mass is 14.9. The molecule has 0 saturated carbocycles. The van der Waals surface area contributed by atoms with Crippen molar-refractivity contribution in [3.63, 3.8) is 0 Å². The molecule has 0 aliphatic rings. The maximum Gasteiger partial charge on any atom is 0.0315 e. The van der Waals surface area contributed by atoms with Crippen LogP contribution >= 0.6 is 0 Å². The van der Waals surface area contributed by atoms with E-state index in [1.807, 2.05) is 12.3 Å². The van der Waals surface area contributed by atoms with Gasteiger partial charge in [-0.1, -0.05) is 19.9 Å². The fourth-order valence-corrected chi connectivity index (χ4v) is 1.23. The Bertz CT molecular complexity index is 219. The third-order valence-corrected chi connectivity index (χ3v) is 1.77. The second-order valence-electron chi connectivity index (χ2n) is 3.33. The second-order valence-corrected chi connectivity index (χ2v) is 3.33. The number of hydrogen-bond donors (Lipinski definition) is 1. The fourth-order valence-electron chi connectivity index (χ4n) is 1.23. The molecule has 66 valence electrons. The second kappa shape index (κ2) is 4.21. The van der Waals surface area contributed by atoms with Crippen LogP contribution in [-0.4, -0.2) is 11.0 Å². The van der Waals surface area contributed by atoms with Gasteiger partial charge in [0.05, 0.1) is 0 Å². The molecule has 0 saturated heterocycles. The van der Waals surface area contributed by atoms with Crippen LogP contribution in [-0.2, 0) is 0 Å². The van der Waals surface area contributed by atoms with Crippen molar-refractivity contribution >= 4 is 0 Å². The summed E-state index contributed by atoms with van der Waals surface area (Å²) in [5, 5.41) is 3.42. The van der Waals surface area contributed by atoms with E-state index in [-0.39, 0.29) is 0 Å². The summed E-state index contributed by atoms with van der Waals surface area (Å²) in [6.07, 6.45) is 3.70. The monoisotopic (exact) mass is 164 g/mol. The van der Waals surface area contributed by atoms with Crippen molar-refractivity contribution in [3.8, 4) is 0 Å². The zero-order valence-corrected chi connectivity index (χ0v) is 7.91. The number of nitrogens with one attached hydrogen (secondary N) is 1. The Kier molecular flexibility index (Phi) is 3.23. The van der Waals surface area contributed by atoms with Crippen LogP contribution in [0.3, 0.4) is 0 Å². The molecule has 1 aromatic heterocycles. The topological polar surface area (TPSA) is 24.9 Å². The summed E-state index contributed by atoms with van der Waals surface area (Å²) < 4.78 is 0. The van der Waals surface area contributed by atoms with Gasteiger partial charge in [-0.2, -0.15) is 0 Å². The van der Waals surface area contributed by atoms with E-state index in [9.17, 15) is 0 Å². The molecule has 1 N–H and O–H groups in total. The smallest absolute Gasteiger partial charge is 0.0315 e. The van der Waals surface area contributed by atoms with Gasteiger partial charge in [0.15, 0.2) is 0 Å². The average Bonchev–Trinajstić information content (AvgIpc) is 2.05. The Morgan fingerprint density at radius 2 is 2.08 bits per heavy atom. The highest BCUT2D eigenvalue weighted by molar-refractivity contribution is 5.12. The molecule has 2 nitrogen and oxygen atoms in total. The van der Waals surface area contributed by atoms with Gasteiger partial charge in [-0.3, -0.25) is 4.98 Å². The van der Waals surface area contributed by atoms with Gasteiger partial charge >= 0.3 is 0 Å². The molecule has 1 aromatic rings. The van der Waals surface area contributed by atoms with Crippen LogP contribution in [0.4, 0.5) is 0 Å². The number of hydrogen-bond acceptors (Lipinski definition) is 2. The lowest BCUT2D eigenvalue weighted by molar-refractivity contribution is 0.505. The first-order valence-corrected chi connectivity index (χ1v) is 4.36. The van der Waals surface area contributed by atoms with Gasteiger partial charge in [-0.15, -0.1) is 0 Å². The number of rotatable bonds is 3. The SMILES string of the molecule is CC(C)N[C@@H](C)c1cccnc1. The van der Waals surface area contributed by atoms with E-state index >= 15 is 0 Å². The zero-order valence-electron chi connectivity index (χ0n) is 7.91. The fraction of sp³-hybridized carbons (Fsp3) is 0.500. The Balaban J connectivity index is 2.59. The van der Waals surface area contributed by atoms with Crippen molar-refractivity contribution in [3.05, 3.63) is 30.1 Å². The molecule has 0 aliphatic carbocycles. The predicted octanol–water partition coefficient (Wildman–Crippen LogP) is 2.14. The molecule has 0 fully saturated rings. The van der Waals surface area contributed by atoms with Gasteiger partial charge in [0.2, 0.25) is 0 Å². The maximum absolute atomic E-state index is 4.07. The van der Waals surface area contributed by atoms with Crippen LogP contribution < -0.4 is 5.32 Å². The van der Waals surface area contributed by atoms with Gasteiger partial charge in [-0.25, -0.2) is 0 Å². The van der Waals surface area contributed by atoms with E-state index in [4.69, 9.17) is 0 Å². The highest BCUT2D eigenvalue weighted by Gasteiger charge is 2.04. The van der Waals surface area contributed by atoms with Crippen molar-refractivity contribution in [2.45, 2.75) is 32.9 Å². The molecular weight excluding hydrogens is 148 g/mol. The van der Waals surface area contributed by atoms with Gasteiger partial charge in [0, 0.05) is 24.5 Å². The summed E-state index contributed by atoms with van der Waals surface area (Å²) in [5.41, 5.74) is 1.24. The number of nitrogens with zero attached hydrogens (tertiary/aromatic N) is 1. The van der Waals surface area contributed by atoms with E-state index in [0.29, 0.717) is 12.1 Å². The lowest BCUT2D eigenvalue weighted by Crippen LogP contribution is -2.25. The van der Waals surface area contributed by atoms with Crippen molar-refractivity contribution in [1.82, 2.24) is 10.3 Å². The molecule has 12 heavy (non-hydrogen) atoms. The van der Waals surface area contributed by atoms with Crippen LogP contribution in [0.1, 0.15) is 32.4 Å². The summed E-state index contributed by atoms with van der Waals surface area (Å²) in [6, 6.07) is 4.96. The minimum absolute atomic E-state index is 0.388. The van der Waals surface area contributed by atoms with Gasteiger partial charge < -0.3 is 5.32 Å². The molecule has 1 rings (SSSR count). The molecule has 0 radical (unpaired) electrons. The van der Waals surface area contributed by atoms with Crippen molar-refractivity contribution in [2.24, 2.45) is 0 Å². The molecule has 0 spiro atoms. The lowest BCUT2D eigenvalue weighted by Gasteiger charge is -2.16. The van der Waals surface area contributed by atoms with Gasteiger partial charge in [-0.05, 0) is 18.6 Å². The van der Waals surface area contributed by atoms with Gasteiger partial charge in [0.1, 0.15) is 0 Å². The third kappa shape index (κ3) is 2.62. The number of aromatic nitrogens is 1. The van der Waals surface area contributed by atoms with E-state index in [1.165, 1.54) is 5.56 Å². The van der Waals surface area contributed by atoms with E-state index in [1.54, 1.807) is 6.20 Å². The predicted molar refractivity (Wildman–Crippen MR) is 50.9 cm³/mol. The molecule has 1 heterocycles. The first kappa shape index (κ1) is 9.20. The maximum atomic E-state index is 4.07. The Morgan fingerprint density at radius 3 is 2.58 bits per heavy atom. The molecule has 0 bridgehead atoms. The molecule has 0 amide bonds. The van der Waals surface area contributed by atoms with Crippen LogP contribution in [0.15, 0.2) is 24.5 Å². The quantitative estimate of drug-likeness (QED) is 0.740. The minimum Gasteiger partial charge on any atom is -0.308 e. The summed E-state index contributed by atoms with van der Waals surface area (Å²) >= 11 is 0. The molecule has 0 aliphatic heterocycles. The van der Waals surface area contributed by atoms with Crippen LogP contribution in [0.25, 0.3) is 0 Å². The highest BCUT2D eigenvalue weighted by Crippen LogP contribution is 2.09. The molecular formula is C10H16N2. The molecule has 0 unspecified atom stereocenters. The van der Waals surface area contributed by atoms with Crippen LogP contribution in [0.2, 0.25) is 0 Å². The van der Waals surface area contributed by atoms with Crippen molar-refractivity contribution in [2.75, 3.05) is 0 Å². The Morgan fingerprint density at radius 1 is 1.33 bits per heavy atom. The number of pyridine rings is 1. The summed E-state index contributed by atoms with van der Waals surface area (Å²) in [4.78, 5) is 4.07. The summed E-state index contributed by atoms with van der Waals surface area (Å²) in [6.45, 7) is 6.44. The lowest BCUT2D eigenvalue weighted by atomic mass is 10.1. The summed E-state index contributed by atoms with van der Waals surface area (Å²) in [7, 11) is 0. The van der Waals surface area contributed by atoms with E-state index in [2.05, 4.69) is 37.1 Å². The standard InChI is InChI=1S/C10H16N2/c1-8(2)12-9(3)10-5-4-6-11-7-10/h4-9,12H,1-3H3/t9-/m0/s1. The van der Waals surface area contributed by atoms with Crippen LogP contribution in [0, 0.1) is 0 Å². The molecule has 0 aromatic carbocycles.